The van der Waals surface area contributed by atoms with Gasteiger partial charge in [0.25, 0.3) is 0 Å². The van der Waals surface area contributed by atoms with E-state index in [1.54, 1.807) is 19.1 Å². The summed E-state index contributed by atoms with van der Waals surface area (Å²) in [5.41, 5.74) is 0.949. The number of nitrogens with one attached hydrogen (secondary N) is 1. The van der Waals surface area contributed by atoms with Crippen LogP contribution in [0.5, 0.6) is 11.5 Å². The van der Waals surface area contributed by atoms with Crippen molar-refractivity contribution < 1.29 is 23.8 Å². The van der Waals surface area contributed by atoms with Crippen LogP contribution in [0.4, 0.5) is 5.69 Å². The van der Waals surface area contributed by atoms with Crippen LogP contribution in [0.15, 0.2) is 60.7 Å². The molecule has 7 nitrogen and oxygen atoms in total. The number of hydrogen-bond acceptors (Lipinski definition) is 5. The number of hydrogen-bond donors (Lipinski definition) is 1. The molecule has 0 aromatic heterocycles. The highest BCUT2D eigenvalue weighted by Gasteiger charge is 2.67. The zero-order chi connectivity index (χ0) is 21.6. The molecule has 3 heterocycles. The van der Waals surface area contributed by atoms with E-state index in [9.17, 15) is 9.59 Å². The topological polar surface area (TPSA) is 77.1 Å². The summed E-state index contributed by atoms with van der Waals surface area (Å²) in [4.78, 5) is 28.2. The van der Waals surface area contributed by atoms with E-state index < -0.39 is 17.4 Å². The fourth-order valence-electron chi connectivity index (χ4n) is 4.87. The molecule has 0 saturated carbocycles. The highest BCUT2D eigenvalue weighted by molar-refractivity contribution is 6.03. The maximum Gasteiger partial charge on any atom is 0.234 e. The van der Waals surface area contributed by atoms with Crippen LogP contribution in [0.3, 0.4) is 0 Å². The second-order valence-corrected chi connectivity index (χ2v) is 8.09. The zero-order valence-corrected chi connectivity index (χ0v) is 17.4. The molecule has 1 spiro atoms. The number of anilines is 1. The van der Waals surface area contributed by atoms with Crippen molar-refractivity contribution in [3.05, 3.63) is 66.2 Å². The third kappa shape index (κ3) is 3.16. The molecule has 160 valence electrons. The van der Waals surface area contributed by atoms with Gasteiger partial charge in [-0.15, -0.1) is 0 Å². The summed E-state index contributed by atoms with van der Waals surface area (Å²) in [7, 11) is 3.21. The molecule has 7 heteroatoms. The molecule has 1 N–H and O–H groups in total. The summed E-state index contributed by atoms with van der Waals surface area (Å²) in [6.07, 6.45) is 3.49. The Morgan fingerprint density at radius 2 is 1.94 bits per heavy atom. The van der Waals surface area contributed by atoms with E-state index in [4.69, 9.17) is 14.2 Å². The molecule has 2 bridgehead atoms. The quantitative estimate of drug-likeness (QED) is 0.726. The van der Waals surface area contributed by atoms with Gasteiger partial charge >= 0.3 is 0 Å². The van der Waals surface area contributed by atoms with Crippen molar-refractivity contribution in [2.24, 2.45) is 11.8 Å². The lowest BCUT2D eigenvalue weighted by molar-refractivity contribution is -0.132. The number of ether oxygens (including phenoxy) is 3. The second-order valence-electron chi connectivity index (χ2n) is 8.09. The Bertz CT molecular complexity index is 1050. The first kappa shape index (κ1) is 19.6. The van der Waals surface area contributed by atoms with Crippen molar-refractivity contribution in [2.75, 3.05) is 25.7 Å². The summed E-state index contributed by atoms with van der Waals surface area (Å²) in [6.45, 7) is 0.758. The van der Waals surface area contributed by atoms with Crippen molar-refractivity contribution in [3.8, 4) is 11.5 Å². The summed E-state index contributed by atoms with van der Waals surface area (Å²) in [5.74, 6) is 0.118. The lowest BCUT2D eigenvalue weighted by atomic mass is 9.77. The summed E-state index contributed by atoms with van der Waals surface area (Å²) < 4.78 is 16.6. The molecule has 2 unspecified atom stereocenters. The highest BCUT2D eigenvalue weighted by Crippen LogP contribution is 2.52. The molecule has 0 aliphatic carbocycles. The summed E-state index contributed by atoms with van der Waals surface area (Å²) in [5, 5.41) is 2.98. The van der Waals surface area contributed by atoms with E-state index in [1.807, 2.05) is 60.7 Å². The molecule has 2 saturated heterocycles. The van der Waals surface area contributed by atoms with Gasteiger partial charge in [0.15, 0.2) is 0 Å². The van der Waals surface area contributed by atoms with E-state index in [0.717, 1.165) is 22.7 Å². The molecule has 2 aromatic rings. The van der Waals surface area contributed by atoms with Crippen molar-refractivity contribution in [1.82, 2.24) is 5.32 Å². The van der Waals surface area contributed by atoms with E-state index in [0.29, 0.717) is 13.1 Å². The predicted molar refractivity (Wildman–Crippen MR) is 114 cm³/mol. The molecule has 3 aliphatic heterocycles. The average molecular weight is 420 g/mol. The van der Waals surface area contributed by atoms with Crippen LogP contribution in [0, 0.1) is 11.8 Å². The van der Waals surface area contributed by atoms with Crippen LogP contribution in [0.2, 0.25) is 0 Å². The van der Waals surface area contributed by atoms with Crippen molar-refractivity contribution >= 4 is 17.5 Å². The molecule has 2 amide bonds. The number of nitrogens with zero attached hydrogens (tertiary/aromatic N) is 1. The minimum Gasteiger partial charge on any atom is -0.497 e. The van der Waals surface area contributed by atoms with Gasteiger partial charge in [-0.25, -0.2) is 0 Å². The van der Waals surface area contributed by atoms with Gasteiger partial charge in [0, 0.05) is 12.2 Å². The highest BCUT2D eigenvalue weighted by atomic mass is 16.5. The predicted octanol–water partition coefficient (Wildman–Crippen LogP) is 2.31. The molecular formula is C24H24N2O5. The van der Waals surface area contributed by atoms with Crippen LogP contribution < -0.4 is 19.7 Å². The lowest BCUT2D eigenvalue weighted by Crippen LogP contribution is -2.43. The van der Waals surface area contributed by atoms with Gasteiger partial charge in [0.2, 0.25) is 11.8 Å². The maximum atomic E-state index is 13.4. The minimum atomic E-state index is -0.750. The normalized spacial score (nSPS) is 28.0. The van der Waals surface area contributed by atoms with Gasteiger partial charge in [0.1, 0.15) is 17.1 Å². The van der Waals surface area contributed by atoms with Crippen LogP contribution in [0.1, 0.15) is 5.56 Å². The Morgan fingerprint density at radius 1 is 1.16 bits per heavy atom. The number of benzene rings is 2. The Kier molecular flexibility index (Phi) is 4.70. The standard InChI is InChI=1S/C24H24N2O5/c1-29-17-8-6-16(7-9-17)26-14-24-11-10-19(31-24)20(21(24)23(26)28)22(27)25-13-15-4-3-5-18(12-15)30-2/h3-12,19-21H,13-14H2,1-2H3,(H,25,27)/t19-,20?,21?,24-/m1/s1. The molecule has 2 aromatic carbocycles. The van der Waals surface area contributed by atoms with E-state index in [2.05, 4.69) is 5.32 Å². The SMILES string of the molecule is COc1ccc(N2C[C@@]34C=C[C@@H](O3)C(C(=O)NCc3cccc(OC)c3)C4C2=O)cc1. The number of methoxy groups -OCH3 is 2. The van der Waals surface area contributed by atoms with E-state index in [-0.39, 0.29) is 17.9 Å². The monoisotopic (exact) mass is 420 g/mol. The molecule has 0 radical (unpaired) electrons. The van der Waals surface area contributed by atoms with Gasteiger partial charge in [-0.3, -0.25) is 9.59 Å². The van der Waals surface area contributed by atoms with Crippen molar-refractivity contribution in [1.29, 1.82) is 0 Å². The first-order chi connectivity index (χ1) is 15.0. The number of carbonyl (C=O) groups excluding carboxylic acids is 2. The van der Waals surface area contributed by atoms with E-state index >= 15 is 0 Å². The number of rotatable bonds is 6. The third-order valence-corrected chi connectivity index (χ3v) is 6.39. The first-order valence-corrected chi connectivity index (χ1v) is 10.3. The van der Waals surface area contributed by atoms with Crippen LogP contribution in [-0.2, 0) is 20.9 Å². The molecule has 31 heavy (non-hydrogen) atoms. The van der Waals surface area contributed by atoms with Crippen LogP contribution in [0.25, 0.3) is 0 Å². The van der Waals surface area contributed by atoms with E-state index in [1.165, 1.54) is 0 Å². The van der Waals surface area contributed by atoms with Crippen molar-refractivity contribution in [2.45, 2.75) is 18.2 Å². The average Bonchev–Trinajstić information content (AvgIpc) is 3.46. The molecule has 2 fully saturated rings. The molecule has 4 atom stereocenters. The number of fused-ring (bicyclic) bond motifs is 1. The van der Waals surface area contributed by atoms with Gasteiger partial charge in [-0.1, -0.05) is 24.3 Å². The molecule has 3 aliphatic rings. The minimum absolute atomic E-state index is 0.0847. The third-order valence-electron chi connectivity index (χ3n) is 6.39. The smallest absolute Gasteiger partial charge is 0.234 e. The Morgan fingerprint density at radius 3 is 2.68 bits per heavy atom. The first-order valence-electron chi connectivity index (χ1n) is 10.3. The summed E-state index contributed by atoms with van der Waals surface area (Å²) in [6, 6.07) is 14.9. The molecular weight excluding hydrogens is 396 g/mol. The zero-order valence-electron chi connectivity index (χ0n) is 17.4. The fourth-order valence-corrected chi connectivity index (χ4v) is 4.87. The van der Waals surface area contributed by atoms with Crippen LogP contribution >= 0.6 is 0 Å². The molecule has 5 rings (SSSR count). The largest absolute Gasteiger partial charge is 0.497 e. The van der Waals surface area contributed by atoms with Crippen LogP contribution in [-0.4, -0.2) is 44.3 Å². The Hall–Kier alpha value is -3.32. The van der Waals surface area contributed by atoms with Crippen molar-refractivity contribution in [3.63, 3.8) is 0 Å². The Balaban J connectivity index is 1.34. The fraction of sp³-hybridized carbons (Fsp3) is 0.333. The number of carbonyl (C=O) groups is 2. The lowest BCUT2D eigenvalue weighted by Gasteiger charge is -2.23. The van der Waals surface area contributed by atoms with Gasteiger partial charge < -0.3 is 24.4 Å². The van der Waals surface area contributed by atoms with Gasteiger partial charge in [0.05, 0.1) is 38.7 Å². The second kappa shape index (κ2) is 7.42. The van der Waals surface area contributed by atoms with Gasteiger partial charge in [-0.05, 0) is 42.0 Å². The Labute approximate surface area is 180 Å². The summed E-state index contributed by atoms with van der Waals surface area (Å²) >= 11 is 0. The maximum absolute atomic E-state index is 13.4. The number of amides is 2. The van der Waals surface area contributed by atoms with Gasteiger partial charge in [-0.2, -0.15) is 0 Å².